The van der Waals surface area contributed by atoms with Gasteiger partial charge in [-0.2, -0.15) is 0 Å². The number of pyridine rings is 1. The molecule has 0 bridgehead atoms. The summed E-state index contributed by atoms with van der Waals surface area (Å²) in [4.78, 5) is 24.9. The lowest BCUT2D eigenvalue weighted by Gasteiger charge is -2.15. The van der Waals surface area contributed by atoms with Crippen LogP contribution in [0.4, 0.5) is 0 Å². The molecule has 1 atom stereocenters. The van der Waals surface area contributed by atoms with Crippen LogP contribution in [0.3, 0.4) is 0 Å². The Bertz CT molecular complexity index is 654. The second-order valence-electron chi connectivity index (χ2n) is 5.26. The highest BCUT2D eigenvalue weighted by molar-refractivity contribution is 5.95. The number of aromatic nitrogens is 3. The summed E-state index contributed by atoms with van der Waals surface area (Å²) in [5.41, 5.74) is 3.35. The highest BCUT2D eigenvalue weighted by atomic mass is 16.1. The molecule has 5 nitrogen and oxygen atoms in total. The van der Waals surface area contributed by atoms with E-state index in [0.717, 1.165) is 11.3 Å². The second-order valence-corrected chi connectivity index (χ2v) is 5.26. The van der Waals surface area contributed by atoms with Gasteiger partial charge in [-0.25, -0.2) is 9.97 Å². The zero-order valence-corrected chi connectivity index (χ0v) is 12.8. The molecule has 2 heterocycles. The SMILES string of the molecule is Cc1ncc(C(=O)N[C@H](C)Cc2ncccc2C)c(C)n1. The van der Waals surface area contributed by atoms with Gasteiger partial charge in [0.25, 0.3) is 5.91 Å². The van der Waals surface area contributed by atoms with E-state index in [0.29, 0.717) is 23.5 Å². The quantitative estimate of drug-likeness (QED) is 0.934. The largest absolute Gasteiger partial charge is 0.349 e. The summed E-state index contributed by atoms with van der Waals surface area (Å²) in [7, 11) is 0. The summed E-state index contributed by atoms with van der Waals surface area (Å²) in [6.45, 7) is 7.61. The van der Waals surface area contributed by atoms with Gasteiger partial charge < -0.3 is 5.32 Å². The van der Waals surface area contributed by atoms with Gasteiger partial charge in [0.15, 0.2) is 0 Å². The van der Waals surface area contributed by atoms with Crippen LogP contribution in [0.5, 0.6) is 0 Å². The number of rotatable bonds is 4. The number of hydrogen-bond donors (Lipinski definition) is 1. The number of amides is 1. The van der Waals surface area contributed by atoms with E-state index in [-0.39, 0.29) is 11.9 Å². The van der Waals surface area contributed by atoms with Crippen molar-refractivity contribution in [1.82, 2.24) is 20.3 Å². The molecule has 0 unspecified atom stereocenters. The summed E-state index contributed by atoms with van der Waals surface area (Å²) < 4.78 is 0. The van der Waals surface area contributed by atoms with Crippen molar-refractivity contribution in [3.8, 4) is 0 Å². The van der Waals surface area contributed by atoms with Gasteiger partial charge >= 0.3 is 0 Å². The van der Waals surface area contributed by atoms with Crippen molar-refractivity contribution < 1.29 is 4.79 Å². The molecule has 0 spiro atoms. The van der Waals surface area contributed by atoms with E-state index in [9.17, 15) is 4.79 Å². The van der Waals surface area contributed by atoms with Crippen LogP contribution < -0.4 is 5.32 Å². The summed E-state index contributed by atoms with van der Waals surface area (Å²) in [5.74, 6) is 0.523. The van der Waals surface area contributed by atoms with Crippen LogP contribution in [0.2, 0.25) is 0 Å². The Labute approximate surface area is 124 Å². The number of nitrogens with zero attached hydrogens (tertiary/aromatic N) is 3. The molecule has 2 aromatic rings. The number of hydrogen-bond acceptors (Lipinski definition) is 4. The van der Waals surface area contributed by atoms with E-state index < -0.39 is 0 Å². The molecule has 0 radical (unpaired) electrons. The standard InChI is InChI=1S/C16H20N4O/c1-10-6-5-7-17-15(10)8-11(2)19-16(21)14-9-18-13(4)20-12(14)3/h5-7,9,11H,8H2,1-4H3,(H,19,21)/t11-/m1/s1. The maximum Gasteiger partial charge on any atom is 0.254 e. The average Bonchev–Trinajstić information content (AvgIpc) is 2.41. The topological polar surface area (TPSA) is 67.8 Å². The van der Waals surface area contributed by atoms with Gasteiger partial charge in [-0.3, -0.25) is 9.78 Å². The number of aryl methyl sites for hydroxylation is 3. The fourth-order valence-electron chi connectivity index (χ4n) is 2.18. The lowest BCUT2D eigenvalue weighted by Crippen LogP contribution is -2.35. The zero-order valence-electron chi connectivity index (χ0n) is 12.8. The van der Waals surface area contributed by atoms with Crippen molar-refractivity contribution in [3.63, 3.8) is 0 Å². The Hall–Kier alpha value is -2.30. The summed E-state index contributed by atoms with van der Waals surface area (Å²) in [6, 6.07) is 3.93. The summed E-state index contributed by atoms with van der Waals surface area (Å²) >= 11 is 0. The molecule has 110 valence electrons. The molecular formula is C16H20N4O. The molecule has 1 N–H and O–H groups in total. The van der Waals surface area contributed by atoms with Crippen molar-refractivity contribution in [3.05, 3.63) is 52.9 Å². The predicted molar refractivity (Wildman–Crippen MR) is 81.1 cm³/mol. The van der Waals surface area contributed by atoms with Crippen LogP contribution in [0.15, 0.2) is 24.5 Å². The Morgan fingerprint density at radius 2 is 2.05 bits per heavy atom. The van der Waals surface area contributed by atoms with E-state index in [1.54, 1.807) is 19.3 Å². The van der Waals surface area contributed by atoms with Crippen LogP contribution in [-0.4, -0.2) is 26.9 Å². The third-order valence-corrected chi connectivity index (χ3v) is 3.34. The molecule has 5 heteroatoms. The molecule has 21 heavy (non-hydrogen) atoms. The first-order chi connectivity index (χ1) is 9.97. The minimum absolute atomic E-state index is 0.00759. The smallest absolute Gasteiger partial charge is 0.254 e. The molecule has 0 aromatic carbocycles. The van der Waals surface area contributed by atoms with Crippen molar-refractivity contribution in [2.45, 2.75) is 40.2 Å². The van der Waals surface area contributed by atoms with Gasteiger partial charge in [-0.05, 0) is 39.3 Å². The zero-order chi connectivity index (χ0) is 15.4. The molecular weight excluding hydrogens is 264 g/mol. The van der Waals surface area contributed by atoms with Gasteiger partial charge in [-0.15, -0.1) is 0 Å². The Kier molecular flexibility index (Phi) is 4.62. The van der Waals surface area contributed by atoms with Gasteiger partial charge in [0.2, 0.25) is 0 Å². The average molecular weight is 284 g/mol. The molecule has 0 fully saturated rings. The number of nitrogens with one attached hydrogen (secondary N) is 1. The third kappa shape index (κ3) is 3.84. The van der Waals surface area contributed by atoms with Crippen molar-refractivity contribution >= 4 is 5.91 Å². The summed E-state index contributed by atoms with van der Waals surface area (Å²) in [5, 5.41) is 2.97. The normalized spacial score (nSPS) is 12.0. The van der Waals surface area contributed by atoms with Crippen LogP contribution in [-0.2, 0) is 6.42 Å². The van der Waals surface area contributed by atoms with Crippen LogP contribution in [0.1, 0.15) is 40.1 Å². The first-order valence-corrected chi connectivity index (χ1v) is 6.99. The number of carbonyl (C=O) groups is 1. The van der Waals surface area contributed by atoms with Gasteiger partial charge in [0.05, 0.1) is 11.3 Å². The predicted octanol–water partition coefficient (Wildman–Crippen LogP) is 2.16. The molecule has 0 saturated heterocycles. The fourth-order valence-corrected chi connectivity index (χ4v) is 2.18. The van der Waals surface area contributed by atoms with Crippen LogP contribution in [0.25, 0.3) is 0 Å². The molecule has 0 aliphatic rings. The van der Waals surface area contributed by atoms with Gasteiger partial charge in [0.1, 0.15) is 5.82 Å². The monoisotopic (exact) mass is 284 g/mol. The maximum absolute atomic E-state index is 12.3. The van der Waals surface area contributed by atoms with E-state index in [1.807, 2.05) is 32.9 Å². The first kappa shape index (κ1) is 15.1. The van der Waals surface area contributed by atoms with E-state index in [4.69, 9.17) is 0 Å². The number of carbonyl (C=O) groups excluding carboxylic acids is 1. The molecule has 2 rings (SSSR count). The van der Waals surface area contributed by atoms with E-state index in [1.165, 1.54) is 0 Å². The van der Waals surface area contributed by atoms with Crippen molar-refractivity contribution in [1.29, 1.82) is 0 Å². The Balaban J connectivity index is 2.04. The van der Waals surface area contributed by atoms with Gasteiger partial charge in [0, 0.05) is 30.6 Å². The van der Waals surface area contributed by atoms with Crippen molar-refractivity contribution in [2.24, 2.45) is 0 Å². The molecule has 0 aliphatic heterocycles. The van der Waals surface area contributed by atoms with E-state index in [2.05, 4.69) is 20.3 Å². The van der Waals surface area contributed by atoms with E-state index >= 15 is 0 Å². The highest BCUT2D eigenvalue weighted by Gasteiger charge is 2.14. The highest BCUT2D eigenvalue weighted by Crippen LogP contribution is 2.08. The minimum atomic E-state index is -0.145. The first-order valence-electron chi connectivity index (χ1n) is 6.99. The fraction of sp³-hybridized carbons (Fsp3) is 0.375. The van der Waals surface area contributed by atoms with Crippen LogP contribution in [0, 0.1) is 20.8 Å². The van der Waals surface area contributed by atoms with Crippen molar-refractivity contribution in [2.75, 3.05) is 0 Å². The summed E-state index contributed by atoms with van der Waals surface area (Å²) in [6.07, 6.45) is 4.05. The van der Waals surface area contributed by atoms with Gasteiger partial charge in [-0.1, -0.05) is 6.07 Å². The molecule has 0 aliphatic carbocycles. The van der Waals surface area contributed by atoms with Crippen LogP contribution >= 0.6 is 0 Å². The molecule has 0 saturated carbocycles. The Morgan fingerprint density at radius 1 is 1.29 bits per heavy atom. The lowest BCUT2D eigenvalue weighted by molar-refractivity contribution is 0.0938. The minimum Gasteiger partial charge on any atom is -0.349 e. The third-order valence-electron chi connectivity index (χ3n) is 3.34. The molecule has 2 aromatic heterocycles. The Morgan fingerprint density at radius 3 is 2.71 bits per heavy atom. The lowest BCUT2D eigenvalue weighted by atomic mass is 10.1. The maximum atomic E-state index is 12.3. The second kappa shape index (κ2) is 6.43. The molecule has 1 amide bonds.